The van der Waals surface area contributed by atoms with Gasteiger partial charge in [-0.25, -0.2) is 0 Å². The van der Waals surface area contributed by atoms with Crippen molar-refractivity contribution >= 4 is 0 Å². The molecule has 2 heteroatoms. The van der Waals surface area contributed by atoms with Crippen LogP contribution >= 0.6 is 0 Å². The Labute approximate surface area is 89.0 Å². The third kappa shape index (κ3) is 2.21. The van der Waals surface area contributed by atoms with E-state index in [1.165, 1.54) is 5.56 Å². The van der Waals surface area contributed by atoms with E-state index in [2.05, 4.69) is 18.3 Å². The number of pyridine rings is 1. The van der Waals surface area contributed by atoms with Gasteiger partial charge in [0, 0.05) is 6.42 Å². The van der Waals surface area contributed by atoms with Gasteiger partial charge in [-0.05, 0) is 17.7 Å². The molecule has 0 atom stereocenters. The Morgan fingerprint density at radius 3 is 2.47 bits per heavy atom. The predicted octanol–water partition coefficient (Wildman–Crippen LogP) is 1.89. The molecule has 0 fully saturated rings. The van der Waals surface area contributed by atoms with E-state index in [1.54, 1.807) is 10.8 Å². The van der Waals surface area contributed by atoms with E-state index in [9.17, 15) is 0 Å². The lowest BCUT2D eigenvalue weighted by Crippen LogP contribution is -2.32. The summed E-state index contributed by atoms with van der Waals surface area (Å²) in [5, 5.41) is 8.91. The molecule has 0 aliphatic heterocycles. The molecular formula is C13H11N2+. The number of nitriles is 1. The quantitative estimate of drug-likeness (QED) is 0.672. The van der Waals surface area contributed by atoms with Gasteiger partial charge in [0.1, 0.15) is 11.9 Å². The molecule has 0 aliphatic rings. The van der Waals surface area contributed by atoms with E-state index in [0.717, 1.165) is 12.1 Å². The summed E-state index contributed by atoms with van der Waals surface area (Å²) in [7, 11) is 0. The van der Waals surface area contributed by atoms with Gasteiger partial charge in [0.15, 0.2) is 5.26 Å². The Morgan fingerprint density at radius 1 is 1.00 bits per heavy atom. The number of hydrogen-bond acceptors (Lipinski definition) is 1. The van der Waals surface area contributed by atoms with Crippen molar-refractivity contribution in [2.75, 3.05) is 0 Å². The van der Waals surface area contributed by atoms with Gasteiger partial charge in [-0.1, -0.05) is 36.4 Å². The Balaban J connectivity index is 2.29. The zero-order valence-electron chi connectivity index (χ0n) is 8.30. The van der Waals surface area contributed by atoms with E-state index in [0.29, 0.717) is 0 Å². The molecule has 1 heterocycles. The van der Waals surface area contributed by atoms with E-state index in [4.69, 9.17) is 5.26 Å². The van der Waals surface area contributed by atoms with Crippen LogP contribution in [-0.4, -0.2) is 0 Å². The lowest BCUT2D eigenvalue weighted by molar-refractivity contribution is -0.594. The standard InChI is InChI=1S/C13H11N2/c14-11-15-9-5-4-8-13(15)10-12-6-2-1-3-7-12/h1-9H,10H2/q+1. The molecular weight excluding hydrogens is 184 g/mol. The van der Waals surface area contributed by atoms with Crippen molar-refractivity contribution in [3.63, 3.8) is 0 Å². The SMILES string of the molecule is N#C[n+]1ccccc1Cc1ccccc1. The Hall–Kier alpha value is -2.14. The average molecular weight is 195 g/mol. The minimum Gasteiger partial charge on any atom is -0.146 e. The van der Waals surface area contributed by atoms with Crippen LogP contribution in [0.3, 0.4) is 0 Å². The summed E-state index contributed by atoms with van der Waals surface area (Å²) in [6.45, 7) is 0. The summed E-state index contributed by atoms with van der Waals surface area (Å²) in [5.74, 6) is 0. The summed E-state index contributed by atoms with van der Waals surface area (Å²) in [6.07, 6.45) is 4.70. The molecule has 72 valence electrons. The van der Waals surface area contributed by atoms with Crippen LogP contribution in [0.15, 0.2) is 54.7 Å². The lowest BCUT2D eigenvalue weighted by Gasteiger charge is -2.00. The first-order valence-corrected chi connectivity index (χ1v) is 4.84. The minimum absolute atomic E-state index is 0.787. The monoisotopic (exact) mass is 195 g/mol. The number of aromatic nitrogens is 1. The third-order valence-electron chi connectivity index (χ3n) is 2.28. The molecule has 1 aromatic heterocycles. The van der Waals surface area contributed by atoms with Crippen molar-refractivity contribution in [3.05, 3.63) is 66.0 Å². The van der Waals surface area contributed by atoms with Crippen LogP contribution in [-0.2, 0) is 6.42 Å². The molecule has 0 bridgehead atoms. The van der Waals surface area contributed by atoms with Gasteiger partial charge in [-0.15, -0.1) is 4.57 Å². The third-order valence-corrected chi connectivity index (χ3v) is 2.28. The number of rotatable bonds is 2. The van der Waals surface area contributed by atoms with Crippen LogP contribution in [0.25, 0.3) is 0 Å². The van der Waals surface area contributed by atoms with Crippen LogP contribution in [0.2, 0.25) is 0 Å². The van der Waals surface area contributed by atoms with E-state index in [-0.39, 0.29) is 0 Å². The van der Waals surface area contributed by atoms with Crippen molar-refractivity contribution in [3.8, 4) is 6.19 Å². The van der Waals surface area contributed by atoms with Crippen molar-refractivity contribution in [2.45, 2.75) is 6.42 Å². The molecule has 2 aromatic rings. The average Bonchev–Trinajstić information content (AvgIpc) is 2.31. The summed E-state index contributed by atoms with van der Waals surface area (Å²) >= 11 is 0. The summed E-state index contributed by atoms with van der Waals surface area (Å²) in [4.78, 5) is 0. The van der Waals surface area contributed by atoms with Crippen LogP contribution in [0.4, 0.5) is 0 Å². The first-order valence-electron chi connectivity index (χ1n) is 4.84. The molecule has 0 unspecified atom stereocenters. The second-order valence-electron chi connectivity index (χ2n) is 3.32. The van der Waals surface area contributed by atoms with Crippen LogP contribution < -0.4 is 4.57 Å². The van der Waals surface area contributed by atoms with Crippen molar-refractivity contribution in [1.29, 1.82) is 5.26 Å². The molecule has 0 saturated carbocycles. The minimum atomic E-state index is 0.787. The topological polar surface area (TPSA) is 27.7 Å². The highest BCUT2D eigenvalue weighted by Gasteiger charge is 2.05. The van der Waals surface area contributed by atoms with Crippen molar-refractivity contribution in [1.82, 2.24) is 0 Å². The fraction of sp³-hybridized carbons (Fsp3) is 0.0769. The van der Waals surface area contributed by atoms with Gasteiger partial charge < -0.3 is 0 Å². The lowest BCUT2D eigenvalue weighted by atomic mass is 10.1. The fourth-order valence-electron chi connectivity index (χ4n) is 1.53. The zero-order chi connectivity index (χ0) is 10.5. The van der Waals surface area contributed by atoms with Gasteiger partial charge >= 0.3 is 6.19 Å². The van der Waals surface area contributed by atoms with E-state index in [1.807, 2.05) is 36.4 Å². The summed E-state index contributed by atoms with van der Waals surface area (Å²) in [6, 6.07) is 15.9. The Bertz CT molecular complexity index is 483. The van der Waals surface area contributed by atoms with Crippen molar-refractivity contribution < 1.29 is 4.57 Å². The summed E-state index contributed by atoms with van der Waals surface area (Å²) < 4.78 is 1.59. The highest BCUT2D eigenvalue weighted by molar-refractivity contribution is 5.19. The van der Waals surface area contributed by atoms with Crippen LogP contribution in [0, 0.1) is 11.5 Å². The van der Waals surface area contributed by atoms with Gasteiger partial charge in [0.25, 0.3) is 0 Å². The molecule has 1 aromatic carbocycles. The normalized spacial score (nSPS) is 9.53. The smallest absolute Gasteiger partial charge is 0.146 e. The van der Waals surface area contributed by atoms with E-state index < -0.39 is 0 Å². The van der Waals surface area contributed by atoms with Crippen LogP contribution in [0.1, 0.15) is 11.3 Å². The van der Waals surface area contributed by atoms with Gasteiger partial charge in [0.2, 0.25) is 0 Å². The summed E-state index contributed by atoms with van der Waals surface area (Å²) in [5.41, 5.74) is 2.22. The maximum absolute atomic E-state index is 8.91. The molecule has 0 saturated heterocycles. The molecule has 2 rings (SSSR count). The molecule has 0 radical (unpaired) electrons. The predicted molar refractivity (Wildman–Crippen MR) is 56.9 cm³/mol. The van der Waals surface area contributed by atoms with Crippen LogP contribution in [0.5, 0.6) is 0 Å². The largest absolute Gasteiger partial charge is 0.464 e. The highest BCUT2D eigenvalue weighted by Crippen LogP contribution is 2.04. The molecule has 0 amide bonds. The second kappa shape index (κ2) is 4.39. The van der Waals surface area contributed by atoms with Gasteiger partial charge in [-0.2, -0.15) is 0 Å². The van der Waals surface area contributed by atoms with Gasteiger partial charge in [-0.3, -0.25) is 0 Å². The molecule has 15 heavy (non-hydrogen) atoms. The molecule has 2 nitrogen and oxygen atoms in total. The van der Waals surface area contributed by atoms with E-state index >= 15 is 0 Å². The Kier molecular flexibility index (Phi) is 2.75. The number of nitrogens with zero attached hydrogens (tertiary/aromatic N) is 2. The maximum atomic E-state index is 8.91. The first-order chi connectivity index (χ1) is 7.40. The maximum Gasteiger partial charge on any atom is 0.464 e. The highest BCUT2D eigenvalue weighted by atomic mass is 14.9. The first kappa shape index (κ1) is 9.42. The number of hydrogen-bond donors (Lipinski definition) is 0. The molecule has 0 spiro atoms. The number of benzene rings is 1. The second-order valence-corrected chi connectivity index (χ2v) is 3.32. The molecule has 0 aliphatic carbocycles. The van der Waals surface area contributed by atoms with Gasteiger partial charge in [0.05, 0.1) is 0 Å². The van der Waals surface area contributed by atoms with Crippen molar-refractivity contribution in [2.24, 2.45) is 0 Å². The Morgan fingerprint density at radius 2 is 1.73 bits per heavy atom. The molecule has 0 N–H and O–H groups in total. The zero-order valence-corrected chi connectivity index (χ0v) is 8.30. The fourth-order valence-corrected chi connectivity index (χ4v) is 1.53.